The third-order valence-electron chi connectivity index (χ3n) is 3.50. The minimum absolute atomic E-state index is 0.115. The molecule has 0 unspecified atom stereocenters. The Hall–Kier alpha value is -3.11. The largest absolute Gasteiger partial charge is 0.487 e. The standard InChI is InChI=1S/C19H15FN4OS/c20-14-8-6-13(7-9-14)12-26-19-23-17(16(10-21)18(22)24-19)11-25-15-4-2-1-3-5-15/h1-9H,11-12H2,(H2,22,23,24). The number of halogens is 1. The van der Waals surface area contributed by atoms with Gasteiger partial charge in [0, 0.05) is 5.75 Å². The van der Waals surface area contributed by atoms with Crippen LogP contribution in [0.5, 0.6) is 5.75 Å². The summed E-state index contributed by atoms with van der Waals surface area (Å²) in [6.45, 7) is 0.115. The summed E-state index contributed by atoms with van der Waals surface area (Å²) in [6, 6.07) is 17.5. The van der Waals surface area contributed by atoms with Gasteiger partial charge in [0.2, 0.25) is 0 Å². The molecule has 130 valence electrons. The Morgan fingerprint density at radius 2 is 1.81 bits per heavy atom. The highest BCUT2D eigenvalue weighted by Crippen LogP contribution is 2.24. The van der Waals surface area contributed by atoms with Gasteiger partial charge in [-0.1, -0.05) is 42.1 Å². The van der Waals surface area contributed by atoms with Gasteiger partial charge in [-0.2, -0.15) is 5.26 Å². The lowest BCUT2D eigenvalue weighted by Crippen LogP contribution is -2.08. The van der Waals surface area contributed by atoms with E-state index in [1.807, 2.05) is 36.4 Å². The number of nitriles is 1. The third kappa shape index (κ3) is 4.49. The van der Waals surface area contributed by atoms with Crippen LogP contribution in [0.25, 0.3) is 0 Å². The van der Waals surface area contributed by atoms with E-state index in [1.54, 1.807) is 12.1 Å². The molecule has 2 N–H and O–H groups in total. The van der Waals surface area contributed by atoms with E-state index in [-0.39, 0.29) is 23.8 Å². The van der Waals surface area contributed by atoms with Crippen molar-refractivity contribution in [3.05, 3.63) is 77.2 Å². The van der Waals surface area contributed by atoms with Gasteiger partial charge in [-0.05, 0) is 29.8 Å². The van der Waals surface area contributed by atoms with E-state index in [0.29, 0.717) is 22.4 Å². The number of nitrogens with zero attached hydrogens (tertiary/aromatic N) is 3. The first-order valence-corrected chi connectivity index (χ1v) is 8.76. The Balaban J connectivity index is 1.75. The Morgan fingerprint density at radius 3 is 2.50 bits per heavy atom. The summed E-state index contributed by atoms with van der Waals surface area (Å²) in [5.41, 5.74) is 7.48. The van der Waals surface area contributed by atoms with Gasteiger partial charge in [0.15, 0.2) is 5.16 Å². The van der Waals surface area contributed by atoms with Crippen molar-refractivity contribution in [2.24, 2.45) is 0 Å². The number of aromatic nitrogens is 2. The molecule has 0 aliphatic carbocycles. The molecule has 0 radical (unpaired) electrons. The summed E-state index contributed by atoms with van der Waals surface area (Å²) in [4.78, 5) is 8.57. The predicted octanol–water partition coefficient (Wildman–Crippen LogP) is 3.94. The summed E-state index contributed by atoms with van der Waals surface area (Å²) in [6.07, 6.45) is 0. The van der Waals surface area contributed by atoms with Crippen LogP contribution in [0, 0.1) is 17.1 Å². The molecule has 1 heterocycles. The van der Waals surface area contributed by atoms with E-state index in [9.17, 15) is 9.65 Å². The van der Waals surface area contributed by atoms with Gasteiger partial charge in [0.25, 0.3) is 0 Å². The van der Waals surface area contributed by atoms with Gasteiger partial charge in [0.05, 0.1) is 0 Å². The van der Waals surface area contributed by atoms with Crippen LogP contribution in [0.2, 0.25) is 0 Å². The Bertz CT molecular complexity index is 927. The molecule has 0 fully saturated rings. The van der Waals surface area contributed by atoms with Crippen molar-refractivity contribution in [3.63, 3.8) is 0 Å². The first kappa shape index (κ1) is 17.7. The first-order chi connectivity index (χ1) is 12.7. The molecule has 2 aromatic carbocycles. The van der Waals surface area contributed by atoms with Gasteiger partial charge in [0.1, 0.15) is 41.3 Å². The van der Waals surface area contributed by atoms with E-state index in [4.69, 9.17) is 10.5 Å². The minimum atomic E-state index is -0.280. The van der Waals surface area contributed by atoms with Crippen molar-refractivity contribution in [2.75, 3.05) is 5.73 Å². The second kappa shape index (κ2) is 8.32. The average Bonchev–Trinajstić information content (AvgIpc) is 2.66. The van der Waals surface area contributed by atoms with E-state index >= 15 is 0 Å². The molecule has 1 aromatic heterocycles. The zero-order valence-electron chi connectivity index (χ0n) is 13.7. The number of nitrogens with two attached hydrogens (primary N) is 1. The average molecular weight is 366 g/mol. The summed E-state index contributed by atoms with van der Waals surface area (Å²) in [7, 11) is 0. The normalized spacial score (nSPS) is 10.3. The van der Waals surface area contributed by atoms with Crippen molar-refractivity contribution in [3.8, 4) is 11.8 Å². The molecule has 3 rings (SSSR count). The van der Waals surface area contributed by atoms with E-state index in [2.05, 4.69) is 9.97 Å². The van der Waals surface area contributed by atoms with Gasteiger partial charge in [-0.15, -0.1) is 0 Å². The molecule has 0 aliphatic rings. The zero-order chi connectivity index (χ0) is 18.4. The molecular weight excluding hydrogens is 351 g/mol. The fourth-order valence-corrected chi connectivity index (χ4v) is 3.02. The molecule has 5 nitrogen and oxygen atoms in total. The minimum Gasteiger partial charge on any atom is -0.487 e. The molecule has 0 spiro atoms. The van der Waals surface area contributed by atoms with Crippen molar-refractivity contribution >= 4 is 17.6 Å². The van der Waals surface area contributed by atoms with Gasteiger partial charge in [-0.3, -0.25) is 0 Å². The molecule has 0 bridgehead atoms. The SMILES string of the molecule is N#Cc1c(N)nc(SCc2ccc(F)cc2)nc1COc1ccccc1. The second-order valence-electron chi connectivity index (χ2n) is 5.34. The van der Waals surface area contributed by atoms with Crippen LogP contribution in [0.1, 0.15) is 16.8 Å². The van der Waals surface area contributed by atoms with Crippen LogP contribution in [0.15, 0.2) is 59.8 Å². The van der Waals surface area contributed by atoms with E-state index in [0.717, 1.165) is 5.56 Å². The number of rotatable bonds is 6. The fourth-order valence-electron chi connectivity index (χ4n) is 2.19. The molecule has 3 aromatic rings. The predicted molar refractivity (Wildman–Crippen MR) is 97.9 cm³/mol. The molecule has 0 saturated heterocycles. The molecule has 26 heavy (non-hydrogen) atoms. The Labute approximate surface area is 154 Å². The Kier molecular flexibility index (Phi) is 5.66. The number of ether oxygens (including phenoxy) is 1. The quantitative estimate of drug-likeness (QED) is 0.525. The number of para-hydroxylation sites is 1. The van der Waals surface area contributed by atoms with E-state index in [1.165, 1.54) is 23.9 Å². The topological polar surface area (TPSA) is 84.8 Å². The maximum atomic E-state index is 13.0. The molecule has 0 saturated carbocycles. The lowest BCUT2D eigenvalue weighted by Gasteiger charge is -2.10. The lowest BCUT2D eigenvalue weighted by molar-refractivity contribution is 0.299. The van der Waals surface area contributed by atoms with Crippen LogP contribution in [-0.4, -0.2) is 9.97 Å². The number of hydrogen-bond acceptors (Lipinski definition) is 6. The number of hydrogen-bond donors (Lipinski definition) is 1. The molecule has 0 amide bonds. The number of thioether (sulfide) groups is 1. The van der Waals surface area contributed by atoms with Gasteiger partial charge in [-0.25, -0.2) is 14.4 Å². The first-order valence-electron chi connectivity index (χ1n) is 7.77. The van der Waals surface area contributed by atoms with E-state index < -0.39 is 0 Å². The zero-order valence-corrected chi connectivity index (χ0v) is 14.5. The summed E-state index contributed by atoms with van der Waals surface area (Å²) in [5, 5.41) is 9.76. The monoisotopic (exact) mass is 366 g/mol. The highest BCUT2D eigenvalue weighted by Gasteiger charge is 2.13. The molecule has 0 aliphatic heterocycles. The van der Waals surface area contributed by atoms with Crippen LogP contribution >= 0.6 is 11.8 Å². The highest BCUT2D eigenvalue weighted by atomic mass is 32.2. The fraction of sp³-hybridized carbons (Fsp3) is 0.105. The van der Waals surface area contributed by atoms with Gasteiger partial charge < -0.3 is 10.5 Å². The van der Waals surface area contributed by atoms with Crippen LogP contribution in [-0.2, 0) is 12.4 Å². The number of benzene rings is 2. The maximum absolute atomic E-state index is 13.0. The van der Waals surface area contributed by atoms with Crippen LogP contribution < -0.4 is 10.5 Å². The van der Waals surface area contributed by atoms with Crippen molar-refractivity contribution in [2.45, 2.75) is 17.5 Å². The second-order valence-corrected chi connectivity index (χ2v) is 6.28. The van der Waals surface area contributed by atoms with Crippen LogP contribution in [0.4, 0.5) is 10.2 Å². The number of anilines is 1. The van der Waals surface area contributed by atoms with Crippen molar-refractivity contribution < 1.29 is 9.13 Å². The third-order valence-corrected chi connectivity index (χ3v) is 4.42. The van der Waals surface area contributed by atoms with Gasteiger partial charge >= 0.3 is 0 Å². The smallest absolute Gasteiger partial charge is 0.190 e. The summed E-state index contributed by atoms with van der Waals surface area (Å²) < 4.78 is 18.6. The summed E-state index contributed by atoms with van der Waals surface area (Å²) in [5.74, 6) is 1.08. The lowest BCUT2D eigenvalue weighted by atomic mass is 10.2. The maximum Gasteiger partial charge on any atom is 0.190 e. The molecule has 0 atom stereocenters. The van der Waals surface area contributed by atoms with Crippen molar-refractivity contribution in [1.82, 2.24) is 9.97 Å². The Morgan fingerprint density at radius 1 is 1.08 bits per heavy atom. The molecule has 7 heteroatoms. The summed E-state index contributed by atoms with van der Waals surface area (Å²) >= 11 is 1.36. The molecular formula is C19H15FN4OS. The highest BCUT2D eigenvalue weighted by molar-refractivity contribution is 7.98. The van der Waals surface area contributed by atoms with Crippen molar-refractivity contribution in [1.29, 1.82) is 5.26 Å². The van der Waals surface area contributed by atoms with Crippen LogP contribution in [0.3, 0.4) is 0 Å². The number of nitrogen functional groups attached to an aromatic ring is 1.